The number of ether oxygens (including phenoxy) is 1. The second kappa shape index (κ2) is 5.91. The van der Waals surface area contributed by atoms with Crippen molar-refractivity contribution in [2.75, 3.05) is 0 Å². The third-order valence-electron chi connectivity index (χ3n) is 3.04. The molecule has 1 aromatic heterocycles. The van der Waals surface area contributed by atoms with Crippen LogP contribution in [-0.4, -0.2) is 11.0 Å². The Hall–Kier alpha value is -2.17. The first kappa shape index (κ1) is 14.8. The molecule has 0 aliphatic carbocycles. The standard InChI is InChI=1S/C16H8Cl2FNO2/c17-14-12(8-13(19)15(18)20-14)16(21)22-11-6-5-9-3-1-2-4-10(9)7-11/h1-8H. The number of hydrogen-bond donors (Lipinski definition) is 0. The van der Waals surface area contributed by atoms with Crippen molar-refractivity contribution in [2.24, 2.45) is 0 Å². The zero-order valence-corrected chi connectivity index (χ0v) is 12.5. The monoisotopic (exact) mass is 335 g/mol. The average Bonchev–Trinajstić information content (AvgIpc) is 2.50. The van der Waals surface area contributed by atoms with Gasteiger partial charge in [0.05, 0.1) is 0 Å². The van der Waals surface area contributed by atoms with Crippen LogP contribution in [0.1, 0.15) is 10.4 Å². The lowest BCUT2D eigenvalue weighted by molar-refractivity contribution is 0.0734. The Balaban J connectivity index is 1.91. The Labute approximate surface area is 135 Å². The summed E-state index contributed by atoms with van der Waals surface area (Å²) in [5.41, 5.74) is -0.184. The van der Waals surface area contributed by atoms with Gasteiger partial charge >= 0.3 is 5.97 Å². The van der Waals surface area contributed by atoms with Crippen molar-refractivity contribution < 1.29 is 13.9 Å². The van der Waals surface area contributed by atoms with Crippen LogP contribution < -0.4 is 4.74 Å². The van der Waals surface area contributed by atoms with Gasteiger partial charge in [0.25, 0.3) is 0 Å². The number of pyridine rings is 1. The molecule has 2 aromatic carbocycles. The van der Waals surface area contributed by atoms with Gasteiger partial charge in [0.1, 0.15) is 16.5 Å². The summed E-state index contributed by atoms with van der Waals surface area (Å²) in [7, 11) is 0. The topological polar surface area (TPSA) is 39.2 Å². The van der Waals surface area contributed by atoms with Gasteiger partial charge in [0.2, 0.25) is 0 Å². The second-order valence-corrected chi connectivity index (χ2v) is 5.21. The predicted molar refractivity (Wildman–Crippen MR) is 83.1 cm³/mol. The number of carbonyl (C=O) groups is 1. The number of fused-ring (bicyclic) bond motifs is 1. The largest absolute Gasteiger partial charge is 0.423 e. The van der Waals surface area contributed by atoms with E-state index in [2.05, 4.69) is 4.98 Å². The van der Waals surface area contributed by atoms with E-state index in [0.29, 0.717) is 5.75 Å². The third-order valence-corrected chi connectivity index (χ3v) is 3.59. The third kappa shape index (κ3) is 2.89. The number of nitrogens with zero attached hydrogens (tertiary/aromatic N) is 1. The molecular formula is C16H8Cl2FNO2. The predicted octanol–water partition coefficient (Wildman–Crippen LogP) is 4.90. The number of halogens is 3. The molecule has 6 heteroatoms. The van der Waals surface area contributed by atoms with E-state index in [1.54, 1.807) is 12.1 Å². The Kier molecular flexibility index (Phi) is 3.96. The Morgan fingerprint density at radius 1 is 1.00 bits per heavy atom. The molecule has 0 bridgehead atoms. The number of benzene rings is 2. The summed E-state index contributed by atoms with van der Waals surface area (Å²) in [6, 6.07) is 13.7. The van der Waals surface area contributed by atoms with Crippen molar-refractivity contribution in [3.63, 3.8) is 0 Å². The van der Waals surface area contributed by atoms with Crippen molar-refractivity contribution in [3.05, 3.63) is 70.2 Å². The van der Waals surface area contributed by atoms with Crippen LogP contribution in [0.15, 0.2) is 48.5 Å². The molecule has 0 aliphatic rings. The van der Waals surface area contributed by atoms with Gasteiger partial charge in [-0.3, -0.25) is 0 Å². The van der Waals surface area contributed by atoms with Gasteiger partial charge in [0, 0.05) is 0 Å². The zero-order chi connectivity index (χ0) is 15.7. The molecule has 0 fully saturated rings. The van der Waals surface area contributed by atoms with Crippen molar-refractivity contribution in [1.82, 2.24) is 4.98 Å². The molecule has 3 aromatic rings. The molecule has 0 atom stereocenters. The van der Waals surface area contributed by atoms with Crippen LogP contribution in [0.25, 0.3) is 10.8 Å². The van der Waals surface area contributed by atoms with E-state index in [-0.39, 0.29) is 10.7 Å². The molecule has 0 saturated carbocycles. The maximum Gasteiger partial charge on any atom is 0.346 e. The van der Waals surface area contributed by atoms with Crippen LogP contribution in [-0.2, 0) is 0 Å². The van der Waals surface area contributed by atoms with Crippen LogP contribution in [0.3, 0.4) is 0 Å². The fourth-order valence-electron chi connectivity index (χ4n) is 1.98. The lowest BCUT2D eigenvalue weighted by Gasteiger charge is -2.07. The highest BCUT2D eigenvalue weighted by Gasteiger charge is 2.17. The summed E-state index contributed by atoms with van der Waals surface area (Å²) in [6.07, 6.45) is 0. The van der Waals surface area contributed by atoms with Crippen molar-refractivity contribution in [3.8, 4) is 5.75 Å². The second-order valence-electron chi connectivity index (χ2n) is 4.50. The highest BCUT2D eigenvalue weighted by Crippen LogP contribution is 2.24. The maximum atomic E-state index is 13.4. The summed E-state index contributed by atoms with van der Waals surface area (Å²) in [5.74, 6) is -1.31. The Morgan fingerprint density at radius 3 is 2.50 bits per heavy atom. The summed E-state index contributed by atoms with van der Waals surface area (Å²) >= 11 is 11.3. The molecule has 3 nitrogen and oxygen atoms in total. The van der Waals surface area contributed by atoms with E-state index in [0.717, 1.165) is 16.8 Å². The van der Waals surface area contributed by atoms with Gasteiger partial charge in [-0.15, -0.1) is 0 Å². The summed E-state index contributed by atoms with van der Waals surface area (Å²) < 4.78 is 18.6. The first-order valence-corrected chi connectivity index (χ1v) is 7.03. The zero-order valence-electron chi connectivity index (χ0n) is 11.0. The molecule has 0 spiro atoms. The first-order valence-electron chi connectivity index (χ1n) is 6.27. The van der Waals surface area contributed by atoms with Crippen molar-refractivity contribution in [1.29, 1.82) is 0 Å². The number of esters is 1. The molecule has 0 saturated heterocycles. The summed E-state index contributed by atoms with van der Waals surface area (Å²) in [4.78, 5) is 15.6. The van der Waals surface area contributed by atoms with Crippen LogP contribution in [0.5, 0.6) is 5.75 Å². The van der Waals surface area contributed by atoms with Crippen LogP contribution in [0.2, 0.25) is 10.3 Å². The number of rotatable bonds is 2. The normalized spacial score (nSPS) is 10.7. The minimum absolute atomic E-state index is 0.184. The van der Waals surface area contributed by atoms with Gasteiger partial charge in [-0.05, 0) is 29.0 Å². The van der Waals surface area contributed by atoms with Gasteiger partial charge in [-0.25, -0.2) is 14.2 Å². The highest BCUT2D eigenvalue weighted by atomic mass is 35.5. The van der Waals surface area contributed by atoms with E-state index < -0.39 is 16.9 Å². The van der Waals surface area contributed by atoms with Gasteiger partial charge in [-0.1, -0.05) is 53.5 Å². The van der Waals surface area contributed by atoms with E-state index in [1.165, 1.54) is 0 Å². The van der Waals surface area contributed by atoms with Crippen LogP contribution in [0, 0.1) is 5.82 Å². The SMILES string of the molecule is O=C(Oc1ccc2ccccc2c1)c1cc(F)c(Cl)nc1Cl. The molecule has 3 rings (SSSR count). The fourth-order valence-corrected chi connectivity index (χ4v) is 2.38. The molecule has 0 N–H and O–H groups in total. The molecule has 1 heterocycles. The first-order chi connectivity index (χ1) is 10.5. The smallest absolute Gasteiger partial charge is 0.346 e. The van der Waals surface area contributed by atoms with Crippen molar-refractivity contribution >= 4 is 39.9 Å². The quantitative estimate of drug-likeness (QED) is 0.380. The Morgan fingerprint density at radius 2 is 1.73 bits per heavy atom. The molecule has 22 heavy (non-hydrogen) atoms. The lowest BCUT2D eigenvalue weighted by atomic mass is 10.1. The van der Waals surface area contributed by atoms with Gasteiger partial charge in [0.15, 0.2) is 11.0 Å². The fraction of sp³-hybridized carbons (Fsp3) is 0. The summed E-state index contributed by atoms with van der Waals surface area (Å²) in [5, 5.41) is 1.32. The molecular weight excluding hydrogens is 328 g/mol. The lowest BCUT2D eigenvalue weighted by Crippen LogP contribution is -2.10. The molecule has 0 radical (unpaired) electrons. The molecule has 0 amide bonds. The summed E-state index contributed by atoms with van der Waals surface area (Å²) in [6.45, 7) is 0. The van der Waals surface area contributed by atoms with Gasteiger partial charge < -0.3 is 4.74 Å². The van der Waals surface area contributed by atoms with Crippen LogP contribution >= 0.6 is 23.2 Å². The molecule has 0 aliphatic heterocycles. The highest BCUT2D eigenvalue weighted by molar-refractivity contribution is 6.34. The molecule has 110 valence electrons. The number of aromatic nitrogens is 1. The Bertz CT molecular complexity index is 883. The van der Waals surface area contributed by atoms with E-state index >= 15 is 0 Å². The number of carbonyl (C=O) groups excluding carboxylic acids is 1. The van der Waals surface area contributed by atoms with Crippen molar-refractivity contribution in [2.45, 2.75) is 0 Å². The minimum Gasteiger partial charge on any atom is -0.423 e. The number of hydrogen-bond acceptors (Lipinski definition) is 3. The van der Waals surface area contributed by atoms with E-state index in [9.17, 15) is 9.18 Å². The van der Waals surface area contributed by atoms with Crippen LogP contribution in [0.4, 0.5) is 4.39 Å². The van der Waals surface area contributed by atoms with E-state index in [4.69, 9.17) is 27.9 Å². The van der Waals surface area contributed by atoms with Gasteiger partial charge in [-0.2, -0.15) is 0 Å². The average molecular weight is 336 g/mol. The maximum absolute atomic E-state index is 13.4. The van der Waals surface area contributed by atoms with E-state index in [1.807, 2.05) is 30.3 Å². The molecule has 0 unspecified atom stereocenters. The minimum atomic E-state index is -0.837.